The lowest BCUT2D eigenvalue weighted by molar-refractivity contribution is 0.669. The molecule has 266 valence electrons. The summed E-state index contributed by atoms with van der Waals surface area (Å²) in [6.07, 6.45) is 0. The highest BCUT2D eigenvalue weighted by atomic mass is 32.1. The molecule has 4 heterocycles. The van der Waals surface area contributed by atoms with Gasteiger partial charge in [-0.2, -0.15) is 0 Å². The van der Waals surface area contributed by atoms with E-state index in [0.29, 0.717) is 17.5 Å². The van der Waals surface area contributed by atoms with Gasteiger partial charge in [0.1, 0.15) is 11.2 Å². The molecule has 0 saturated heterocycles. The number of hydrogen-bond acceptors (Lipinski definition) is 5. The van der Waals surface area contributed by atoms with Gasteiger partial charge in [-0.1, -0.05) is 133 Å². The van der Waals surface area contributed by atoms with E-state index in [1.54, 1.807) is 0 Å². The zero-order valence-corrected chi connectivity index (χ0v) is 31.2. The smallest absolute Gasteiger partial charge is 0.164 e. The molecule has 0 atom stereocenters. The Kier molecular flexibility index (Phi) is 7.03. The fourth-order valence-corrected chi connectivity index (χ4v) is 9.58. The zero-order valence-electron chi connectivity index (χ0n) is 30.4. The van der Waals surface area contributed by atoms with Crippen molar-refractivity contribution in [1.82, 2.24) is 19.5 Å². The van der Waals surface area contributed by atoms with E-state index in [9.17, 15) is 0 Å². The van der Waals surface area contributed by atoms with Crippen molar-refractivity contribution in [2.24, 2.45) is 0 Å². The number of para-hydroxylation sites is 2. The minimum absolute atomic E-state index is 0.590. The summed E-state index contributed by atoms with van der Waals surface area (Å²) in [4.78, 5) is 15.3. The van der Waals surface area contributed by atoms with Crippen LogP contribution in [0.1, 0.15) is 0 Å². The van der Waals surface area contributed by atoms with Crippen LogP contribution in [0.3, 0.4) is 0 Å². The van der Waals surface area contributed by atoms with Crippen LogP contribution in [0.25, 0.3) is 115 Å². The van der Waals surface area contributed by atoms with E-state index in [1.807, 2.05) is 78.1 Å². The lowest BCUT2D eigenvalue weighted by Gasteiger charge is -2.13. The Bertz CT molecular complexity index is 3420. The third kappa shape index (κ3) is 5.04. The van der Waals surface area contributed by atoms with Gasteiger partial charge in [0.15, 0.2) is 17.5 Å². The highest BCUT2D eigenvalue weighted by Crippen LogP contribution is 2.45. The molecule has 0 saturated carbocycles. The Morgan fingerprint density at radius 1 is 0.386 bits per heavy atom. The maximum atomic E-state index is 6.93. The van der Waals surface area contributed by atoms with Crippen LogP contribution in [0, 0.1) is 0 Å². The van der Waals surface area contributed by atoms with Crippen molar-refractivity contribution in [3.63, 3.8) is 0 Å². The van der Waals surface area contributed by atoms with Crippen LogP contribution >= 0.6 is 11.3 Å². The highest BCUT2D eigenvalue weighted by Gasteiger charge is 2.23. The van der Waals surface area contributed by atoms with E-state index in [-0.39, 0.29) is 0 Å². The van der Waals surface area contributed by atoms with Crippen LogP contribution in [0.2, 0.25) is 0 Å². The van der Waals surface area contributed by atoms with Crippen molar-refractivity contribution >= 4 is 75.3 Å². The minimum atomic E-state index is 0.590. The molecule has 0 amide bonds. The second-order valence-electron chi connectivity index (χ2n) is 14.4. The Morgan fingerprint density at radius 2 is 0.965 bits per heavy atom. The number of thiophene rings is 1. The summed E-state index contributed by atoms with van der Waals surface area (Å²) in [6, 6.07) is 63.8. The summed E-state index contributed by atoms with van der Waals surface area (Å²) in [5.41, 5.74) is 9.82. The van der Waals surface area contributed by atoms with Gasteiger partial charge >= 0.3 is 0 Å². The van der Waals surface area contributed by atoms with Crippen LogP contribution in [-0.2, 0) is 0 Å². The van der Waals surface area contributed by atoms with Gasteiger partial charge in [0, 0.05) is 64.5 Å². The first-order valence-corrected chi connectivity index (χ1v) is 19.8. The first-order valence-electron chi connectivity index (χ1n) is 19.0. The quantitative estimate of drug-likeness (QED) is 0.176. The largest absolute Gasteiger partial charge is 0.456 e. The van der Waals surface area contributed by atoms with E-state index >= 15 is 0 Å². The van der Waals surface area contributed by atoms with Gasteiger partial charge in [0.05, 0.1) is 16.7 Å². The van der Waals surface area contributed by atoms with Crippen molar-refractivity contribution in [1.29, 1.82) is 0 Å². The molecule has 0 aliphatic rings. The molecule has 5 nitrogen and oxygen atoms in total. The Hall–Kier alpha value is -7.41. The van der Waals surface area contributed by atoms with Crippen LogP contribution in [0.5, 0.6) is 0 Å². The van der Waals surface area contributed by atoms with Gasteiger partial charge in [0.25, 0.3) is 0 Å². The number of aromatic nitrogens is 4. The fourth-order valence-electron chi connectivity index (χ4n) is 8.50. The summed E-state index contributed by atoms with van der Waals surface area (Å²) in [6.45, 7) is 0. The zero-order chi connectivity index (χ0) is 37.5. The normalized spacial score (nSPS) is 11.9. The average molecular weight is 747 g/mol. The predicted molar refractivity (Wildman–Crippen MR) is 236 cm³/mol. The summed E-state index contributed by atoms with van der Waals surface area (Å²) in [7, 11) is 0. The molecule has 12 aromatic rings. The summed E-state index contributed by atoms with van der Waals surface area (Å²) >= 11 is 1.83. The van der Waals surface area contributed by atoms with Gasteiger partial charge in [-0.25, -0.2) is 15.0 Å². The van der Waals surface area contributed by atoms with E-state index in [0.717, 1.165) is 66.5 Å². The lowest BCUT2D eigenvalue weighted by atomic mass is 9.95. The molecule has 0 bridgehead atoms. The molecule has 0 N–H and O–H groups in total. The molecule has 0 radical (unpaired) electrons. The maximum Gasteiger partial charge on any atom is 0.164 e. The standard InChI is InChI=1S/C51H30N4OS/c1-3-14-31(15-4-1)49-52-50(32-16-5-2-6-17-32)54-51(53-49)38-21-13-24-43-47(38)48-39(33-26-27-46-40(28-33)37-20-9-12-25-45(37)57-46)29-34(30-44(48)56-43)55-41-22-10-7-18-35(41)36-19-8-11-23-42(36)55/h1-30H. The second kappa shape index (κ2) is 12.6. The number of benzene rings is 8. The van der Waals surface area contributed by atoms with Crippen molar-refractivity contribution < 1.29 is 4.42 Å². The summed E-state index contributed by atoms with van der Waals surface area (Å²) in [5.74, 6) is 1.83. The Balaban J connectivity index is 1.18. The number of furan rings is 1. The van der Waals surface area contributed by atoms with Crippen LogP contribution in [0.15, 0.2) is 186 Å². The van der Waals surface area contributed by atoms with Crippen LogP contribution in [0.4, 0.5) is 0 Å². The molecule has 4 aromatic heterocycles. The van der Waals surface area contributed by atoms with Gasteiger partial charge in [-0.3, -0.25) is 0 Å². The SMILES string of the molecule is c1ccc(-c2nc(-c3ccccc3)nc(-c3cccc4oc5cc(-n6c7ccccc7c7ccccc76)cc(-c6ccc7sc8ccccc8c7c6)c5c34)n2)cc1. The van der Waals surface area contributed by atoms with Crippen LogP contribution in [-0.4, -0.2) is 19.5 Å². The minimum Gasteiger partial charge on any atom is -0.456 e. The molecule has 57 heavy (non-hydrogen) atoms. The van der Waals surface area contributed by atoms with Gasteiger partial charge in [-0.05, 0) is 53.6 Å². The monoisotopic (exact) mass is 746 g/mol. The van der Waals surface area contributed by atoms with Gasteiger partial charge in [-0.15, -0.1) is 11.3 Å². The van der Waals surface area contributed by atoms with Crippen LogP contribution < -0.4 is 0 Å². The third-order valence-electron chi connectivity index (χ3n) is 11.0. The first-order chi connectivity index (χ1) is 28.2. The average Bonchev–Trinajstić information content (AvgIpc) is 3.96. The maximum absolute atomic E-state index is 6.93. The van der Waals surface area contributed by atoms with Gasteiger partial charge < -0.3 is 8.98 Å². The van der Waals surface area contributed by atoms with Crippen molar-refractivity contribution in [3.8, 4) is 51.0 Å². The summed E-state index contributed by atoms with van der Waals surface area (Å²) in [5, 5.41) is 6.92. The van der Waals surface area contributed by atoms with Crippen molar-refractivity contribution in [2.45, 2.75) is 0 Å². The van der Waals surface area contributed by atoms with Crippen molar-refractivity contribution in [2.75, 3.05) is 0 Å². The molecule has 0 unspecified atom stereocenters. The molecule has 6 heteroatoms. The molecular weight excluding hydrogens is 717 g/mol. The Labute approximate surface area is 330 Å². The second-order valence-corrected chi connectivity index (χ2v) is 15.4. The number of rotatable bonds is 5. The molecule has 8 aromatic carbocycles. The first kappa shape index (κ1) is 31.9. The van der Waals surface area contributed by atoms with E-state index in [2.05, 4.69) is 120 Å². The molecule has 0 fully saturated rings. The van der Waals surface area contributed by atoms with E-state index in [1.165, 1.54) is 30.9 Å². The summed E-state index contributed by atoms with van der Waals surface area (Å²) < 4.78 is 11.8. The predicted octanol–water partition coefficient (Wildman–Crippen LogP) is 13.9. The number of nitrogens with zero attached hydrogens (tertiary/aromatic N) is 4. The van der Waals surface area contributed by atoms with E-state index < -0.39 is 0 Å². The third-order valence-corrected chi connectivity index (χ3v) is 12.2. The number of hydrogen-bond donors (Lipinski definition) is 0. The molecule has 0 aliphatic carbocycles. The highest BCUT2D eigenvalue weighted by molar-refractivity contribution is 7.25. The lowest BCUT2D eigenvalue weighted by Crippen LogP contribution is -2.00. The molecule has 0 spiro atoms. The van der Waals surface area contributed by atoms with Gasteiger partial charge in [0.2, 0.25) is 0 Å². The Morgan fingerprint density at radius 3 is 1.67 bits per heavy atom. The fraction of sp³-hybridized carbons (Fsp3) is 0. The number of fused-ring (bicyclic) bond motifs is 9. The molecular formula is C51H30N4OS. The topological polar surface area (TPSA) is 56.7 Å². The van der Waals surface area contributed by atoms with E-state index in [4.69, 9.17) is 19.4 Å². The molecule has 0 aliphatic heterocycles. The molecule has 12 rings (SSSR count). The van der Waals surface area contributed by atoms with Crippen molar-refractivity contribution in [3.05, 3.63) is 182 Å².